The van der Waals surface area contributed by atoms with Crippen LogP contribution in [0.25, 0.3) is 0 Å². The van der Waals surface area contributed by atoms with Gasteiger partial charge in [-0.1, -0.05) is 0 Å². The standard InChI is InChI=1S/C8H16N2/c9-7-2-1-6-3-4-10-8(6)5-7/h6-8,10H,1-5,9H2/t6-,7?,8-/m0/s1. The summed E-state index contributed by atoms with van der Waals surface area (Å²) in [6, 6.07) is 1.25. The Balaban J connectivity index is 1.96. The average Bonchev–Trinajstić information content (AvgIpc) is 2.33. The Morgan fingerprint density at radius 1 is 1.20 bits per heavy atom. The molecule has 2 aliphatic rings. The van der Waals surface area contributed by atoms with Gasteiger partial charge in [0.15, 0.2) is 0 Å². The minimum atomic E-state index is 0.479. The van der Waals surface area contributed by atoms with Crippen molar-refractivity contribution >= 4 is 0 Å². The van der Waals surface area contributed by atoms with E-state index in [4.69, 9.17) is 5.73 Å². The van der Waals surface area contributed by atoms with Gasteiger partial charge in [0.25, 0.3) is 0 Å². The predicted molar refractivity (Wildman–Crippen MR) is 41.7 cm³/mol. The van der Waals surface area contributed by atoms with E-state index >= 15 is 0 Å². The van der Waals surface area contributed by atoms with Crippen molar-refractivity contribution in [1.82, 2.24) is 5.32 Å². The first-order valence-corrected chi connectivity index (χ1v) is 4.35. The van der Waals surface area contributed by atoms with E-state index in [9.17, 15) is 0 Å². The summed E-state index contributed by atoms with van der Waals surface area (Å²) in [4.78, 5) is 0. The number of rotatable bonds is 0. The van der Waals surface area contributed by atoms with Crippen LogP contribution in [0.2, 0.25) is 0 Å². The third-order valence-electron chi connectivity index (χ3n) is 2.96. The lowest BCUT2D eigenvalue weighted by molar-refractivity contribution is 0.296. The van der Waals surface area contributed by atoms with Crippen molar-refractivity contribution in [2.45, 2.75) is 37.8 Å². The van der Waals surface area contributed by atoms with Gasteiger partial charge in [0.05, 0.1) is 0 Å². The zero-order chi connectivity index (χ0) is 6.97. The Bertz CT molecular complexity index is 124. The number of nitrogens with two attached hydrogens (primary N) is 1. The smallest absolute Gasteiger partial charge is 0.0110 e. The molecule has 3 atom stereocenters. The monoisotopic (exact) mass is 140 g/mol. The van der Waals surface area contributed by atoms with Crippen molar-refractivity contribution in [2.24, 2.45) is 11.7 Å². The minimum absolute atomic E-state index is 0.479. The van der Waals surface area contributed by atoms with E-state index in [1.807, 2.05) is 0 Å². The fraction of sp³-hybridized carbons (Fsp3) is 1.00. The highest BCUT2D eigenvalue weighted by molar-refractivity contribution is 4.90. The highest BCUT2D eigenvalue weighted by atomic mass is 15.0. The number of hydrogen-bond acceptors (Lipinski definition) is 2. The van der Waals surface area contributed by atoms with Crippen LogP contribution in [0.4, 0.5) is 0 Å². The van der Waals surface area contributed by atoms with Gasteiger partial charge in [-0.2, -0.15) is 0 Å². The third-order valence-corrected chi connectivity index (χ3v) is 2.96. The Hall–Kier alpha value is -0.0800. The maximum absolute atomic E-state index is 5.85. The predicted octanol–water partition coefficient (Wildman–Crippen LogP) is 0.476. The average molecular weight is 140 g/mol. The molecule has 2 heteroatoms. The van der Waals surface area contributed by atoms with Gasteiger partial charge in [-0.3, -0.25) is 0 Å². The minimum Gasteiger partial charge on any atom is -0.328 e. The lowest BCUT2D eigenvalue weighted by atomic mass is 9.83. The van der Waals surface area contributed by atoms with Crippen molar-refractivity contribution in [3.05, 3.63) is 0 Å². The summed E-state index contributed by atoms with van der Waals surface area (Å²) in [6.45, 7) is 1.22. The van der Waals surface area contributed by atoms with E-state index in [0.717, 1.165) is 12.0 Å². The molecule has 1 aliphatic carbocycles. The first-order valence-electron chi connectivity index (χ1n) is 4.35. The summed E-state index contributed by atoms with van der Waals surface area (Å²) in [5, 5.41) is 3.51. The van der Waals surface area contributed by atoms with Crippen LogP contribution >= 0.6 is 0 Å². The highest BCUT2D eigenvalue weighted by Gasteiger charge is 2.31. The molecule has 2 fully saturated rings. The fourth-order valence-electron chi connectivity index (χ4n) is 2.32. The van der Waals surface area contributed by atoms with E-state index in [2.05, 4.69) is 5.32 Å². The van der Waals surface area contributed by atoms with Crippen molar-refractivity contribution in [3.8, 4) is 0 Å². The van der Waals surface area contributed by atoms with Crippen LogP contribution in [0.15, 0.2) is 0 Å². The first kappa shape index (κ1) is 6.62. The number of fused-ring (bicyclic) bond motifs is 1. The van der Waals surface area contributed by atoms with Crippen LogP contribution in [0, 0.1) is 5.92 Å². The Labute approximate surface area is 62.2 Å². The summed E-state index contributed by atoms with van der Waals surface area (Å²) in [6.07, 6.45) is 5.21. The molecule has 0 aromatic heterocycles. The highest BCUT2D eigenvalue weighted by Crippen LogP contribution is 2.29. The van der Waals surface area contributed by atoms with E-state index in [1.165, 1.54) is 32.2 Å². The molecule has 3 N–H and O–H groups in total. The van der Waals surface area contributed by atoms with Gasteiger partial charge in [0.2, 0.25) is 0 Å². The van der Waals surface area contributed by atoms with Gasteiger partial charge in [0, 0.05) is 12.1 Å². The number of nitrogens with one attached hydrogen (secondary N) is 1. The topological polar surface area (TPSA) is 38.0 Å². The second-order valence-electron chi connectivity index (χ2n) is 3.68. The Morgan fingerprint density at radius 2 is 2.10 bits per heavy atom. The molecule has 1 unspecified atom stereocenters. The lowest BCUT2D eigenvalue weighted by Gasteiger charge is -2.29. The molecule has 0 radical (unpaired) electrons. The van der Waals surface area contributed by atoms with Gasteiger partial charge in [0.1, 0.15) is 0 Å². The van der Waals surface area contributed by atoms with Crippen molar-refractivity contribution in [2.75, 3.05) is 6.54 Å². The lowest BCUT2D eigenvalue weighted by Crippen LogP contribution is -2.39. The summed E-state index contributed by atoms with van der Waals surface area (Å²) in [5.74, 6) is 0.958. The van der Waals surface area contributed by atoms with E-state index in [1.54, 1.807) is 0 Å². The zero-order valence-electron chi connectivity index (χ0n) is 6.34. The van der Waals surface area contributed by atoms with Crippen LogP contribution in [0.3, 0.4) is 0 Å². The third kappa shape index (κ3) is 1.06. The molecule has 0 amide bonds. The van der Waals surface area contributed by atoms with Crippen LogP contribution in [-0.4, -0.2) is 18.6 Å². The largest absolute Gasteiger partial charge is 0.328 e. The Morgan fingerprint density at radius 3 is 3.00 bits per heavy atom. The summed E-state index contributed by atoms with van der Waals surface area (Å²) in [7, 11) is 0. The summed E-state index contributed by atoms with van der Waals surface area (Å²) in [5.41, 5.74) is 5.85. The quantitative estimate of drug-likeness (QED) is 0.513. The van der Waals surface area contributed by atoms with Gasteiger partial charge in [-0.15, -0.1) is 0 Å². The molecule has 0 bridgehead atoms. The van der Waals surface area contributed by atoms with Crippen molar-refractivity contribution in [1.29, 1.82) is 0 Å². The first-order chi connectivity index (χ1) is 4.86. The molecule has 1 aliphatic heterocycles. The van der Waals surface area contributed by atoms with Crippen LogP contribution in [0.5, 0.6) is 0 Å². The molecular formula is C8H16N2. The van der Waals surface area contributed by atoms with Gasteiger partial charge >= 0.3 is 0 Å². The SMILES string of the molecule is NC1CC[C@H]2CCN[C@H]2C1. The van der Waals surface area contributed by atoms with Crippen LogP contribution < -0.4 is 11.1 Å². The molecule has 2 nitrogen and oxygen atoms in total. The molecule has 1 saturated carbocycles. The van der Waals surface area contributed by atoms with Gasteiger partial charge in [-0.25, -0.2) is 0 Å². The van der Waals surface area contributed by atoms with Crippen molar-refractivity contribution < 1.29 is 0 Å². The molecule has 0 aromatic rings. The molecule has 1 heterocycles. The van der Waals surface area contributed by atoms with Crippen molar-refractivity contribution in [3.63, 3.8) is 0 Å². The summed E-state index contributed by atoms with van der Waals surface area (Å²) >= 11 is 0. The fourth-order valence-corrected chi connectivity index (χ4v) is 2.32. The van der Waals surface area contributed by atoms with E-state index < -0.39 is 0 Å². The molecule has 10 heavy (non-hydrogen) atoms. The summed E-state index contributed by atoms with van der Waals surface area (Å²) < 4.78 is 0. The molecule has 0 aromatic carbocycles. The Kier molecular flexibility index (Phi) is 1.66. The van der Waals surface area contributed by atoms with E-state index in [0.29, 0.717) is 6.04 Å². The van der Waals surface area contributed by atoms with Crippen LogP contribution in [0.1, 0.15) is 25.7 Å². The maximum Gasteiger partial charge on any atom is 0.0110 e. The van der Waals surface area contributed by atoms with Crippen LogP contribution in [-0.2, 0) is 0 Å². The number of hydrogen-bond donors (Lipinski definition) is 2. The van der Waals surface area contributed by atoms with Gasteiger partial charge < -0.3 is 11.1 Å². The maximum atomic E-state index is 5.85. The van der Waals surface area contributed by atoms with Gasteiger partial charge in [-0.05, 0) is 38.1 Å². The normalized spacial score (nSPS) is 47.1. The molecule has 1 saturated heterocycles. The second-order valence-corrected chi connectivity index (χ2v) is 3.68. The molecule has 58 valence electrons. The molecular weight excluding hydrogens is 124 g/mol. The second kappa shape index (κ2) is 2.51. The molecule has 0 spiro atoms. The molecule has 2 rings (SSSR count). The zero-order valence-corrected chi connectivity index (χ0v) is 6.34. The van der Waals surface area contributed by atoms with E-state index in [-0.39, 0.29) is 0 Å².